The Balaban J connectivity index is 1.30. The molecule has 0 spiro atoms. The molecule has 1 aromatic carbocycles. The first-order chi connectivity index (χ1) is 16.7. The van der Waals surface area contributed by atoms with E-state index < -0.39 is 0 Å². The van der Waals surface area contributed by atoms with Crippen LogP contribution in [0.5, 0.6) is 0 Å². The molecule has 1 atom stereocenters. The summed E-state index contributed by atoms with van der Waals surface area (Å²) < 4.78 is 20.8. The average molecular weight is 487 g/mol. The number of halogens is 1. The Morgan fingerprint density at radius 2 is 2.03 bits per heavy atom. The predicted molar refractivity (Wildman–Crippen MR) is 131 cm³/mol. The van der Waals surface area contributed by atoms with Crippen LogP contribution in [-0.4, -0.2) is 70.8 Å². The van der Waals surface area contributed by atoms with Crippen LogP contribution in [0, 0.1) is 5.82 Å². The number of hydrogen-bond donors (Lipinski definition) is 2. The summed E-state index contributed by atoms with van der Waals surface area (Å²) in [5.41, 5.74) is 1.06. The summed E-state index contributed by atoms with van der Waals surface area (Å²) in [5.74, 6) is -0.346. The lowest BCUT2D eigenvalue weighted by molar-refractivity contribution is 0.0368. The number of morpholine rings is 1. The van der Waals surface area contributed by atoms with Gasteiger partial charge in [0.1, 0.15) is 10.7 Å². The molecule has 1 unspecified atom stereocenters. The molecule has 8 nitrogen and oxygen atoms in total. The molecular formula is C24H31FN6O2S. The van der Waals surface area contributed by atoms with Crippen molar-refractivity contribution < 1.29 is 13.9 Å². The number of carbonyl (C=O) groups is 1. The summed E-state index contributed by atoms with van der Waals surface area (Å²) in [5, 5.41) is 7.19. The number of rotatable bonds is 12. The number of imidazole rings is 1. The van der Waals surface area contributed by atoms with Crippen molar-refractivity contribution in [3.05, 3.63) is 65.4 Å². The Morgan fingerprint density at radius 1 is 1.21 bits per heavy atom. The fourth-order valence-corrected chi connectivity index (χ4v) is 4.69. The second kappa shape index (κ2) is 12.6. The molecule has 0 aliphatic carbocycles. The van der Waals surface area contributed by atoms with E-state index in [1.165, 1.54) is 23.5 Å². The molecule has 2 aromatic heterocycles. The van der Waals surface area contributed by atoms with Gasteiger partial charge in [0.2, 0.25) is 0 Å². The third kappa shape index (κ3) is 7.61. The van der Waals surface area contributed by atoms with Crippen LogP contribution >= 0.6 is 11.3 Å². The second-order valence-corrected chi connectivity index (χ2v) is 9.38. The maximum absolute atomic E-state index is 13.3. The third-order valence-electron chi connectivity index (χ3n) is 5.79. The van der Waals surface area contributed by atoms with Gasteiger partial charge in [-0.15, -0.1) is 0 Å². The lowest BCUT2D eigenvalue weighted by Gasteiger charge is -2.28. The number of nitrogens with one attached hydrogen (secondary N) is 2. The minimum Gasteiger partial charge on any atom is -0.379 e. The van der Waals surface area contributed by atoms with Gasteiger partial charge < -0.3 is 19.9 Å². The highest BCUT2D eigenvalue weighted by Crippen LogP contribution is 2.21. The van der Waals surface area contributed by atoms with Crippen LogP contribution in [0.4, 0.5) is 9.52 Å². The highest BCUT2D eigenvalue weighted by molar-refractivity contribution is 7.17. The second-order valence-electron chi connectivity index (χ2n) is 8.35. The van der Waals surface area contributed by atoms with Crippen LogP contribution in [0.2, 0.25) is 0 Å². The Labute approximate surface area is 203 Å². The molecule has 3 heterocycles. The Morgan fingerprint density at radius 3 is 2.79 bits per heavy atom. The Bertz CT molecular complexity index is 1000. The predicted octanol–water partition coefficient (Wildman–Crippen LogP) is 3.04. The largest absolute Gasteiger partial charge is 0.379 e. The number of anilines is 1. The molecule has 182 valence electrons. The standard InChI is InChI=1S/C24H31FN6O2S/c25-20-4-2-19(3-5-20)16-21(6-10-30-12-14-33-15-13-30)29-24-28-17-22(34-24)23(32)27-7-1-9-31-11-8-26-18-31/h2-5,8,11,17-18,21H,1,6-7,9-10,12-16H2,(H,27,32)(H,28,29). The highest BCUT2D eigenvalue weighted by atomic mass is 32.1. The van der Waals surface area contributed by atoms with Crippen molar-refractivity contribution in [3.8, 4) is 0 Å². The van der Waals surface area contributed by atoms with Crippen LogP contribution in [0.3, 0.4) is 0 Å². The number of hydrogen-bond acceptors (Lipinski definition) is 7. The van der Waals surface area contributed by atoms with E-state index in [-0.39, 0.29) is 17.8 Å². The van der Waals surface area contributed by atoms with E-state index in [9.17, 15) is 9.18 Å². The summed E-state index contributed by atoms with van der Waals surface area (Å²) in [7, 11) is 0. The summed E-state index contributed by atoms with van der Waals surface area (Å²) in [4.78, 5) is 24.0. The molecule has 1 fully saturated rings. The summed E-state index contributed by atoms with van der Waals surface area (Å²) in [6, 6.07) is 6.75. The number of aryl methyl sites for hydroxylation is 1. The molecular weight excluding hydrogens is 455 g/mol. The minimum atomic E-state index is -0.234. The number of aromatic nitrogens is 3. The molecule has 0 saturated carbocycles. The maximum atomic E-state index is 13.3. The van der Waals surface area contributed by atoms with E-state index in [0.29, 0.717) is 11.4 Å². The van der Waals surface area contributed by atoms with Crippen molar-refractivity contribution in [2.75, 3.05) is 44.7 Å². The van der Waals surface area contributed by atoms with Gasteiger partial charge in [-0.2, -0.15) is 0 Å². The van der Waals surface area contributed by atoms with Gasteiger partial charge in [0, 0.05) is 51.2 Å². The smallest absolute Gasteiger partial charge is 0.263 e. The molecule has 1 aliphatic rings. The molecule has 2 N–H and O–H groups in total. The number of amides is 1. The SMILES string of the molecule is O=C(NCCCn1ccnc1)c1cnc(NC(CCN2CCOCC2)Cc2ccc(F)cc2)s1. The zero-order valence-electron chi connectivity index (χ0n) is 19.2. The molecule has 1 saturated heterocycles. The fourth-order valence-electron chi connectivity index (χ4n) is 3.88. The number of nitrogens with zero attached hydrogens (tertiary/aromatic N) is 4. The molecule has 1 amide bonds. The van der Waals surface area contributed by atoms with Crippen molar-refractivity contribution in [3.63, 3.8) is 0 Å². The van der Waals surface area contributed by atoms with Gasteiger partial charge in [-0.05, 0) is 37.0 Å². The van der Waals surface area contributed by atoms with Crippen LogP contribution in [-0.2, 0) is 17.7 Å². The minimum absolute atomic E-state index is 0.111. The Kier molecular flexibility index (Phi) is 9.00. The first-order valence-electron chi connectivity index (χ1n) is 11.7. The first kappa shape index (κ1) is 24.3. The van der Waals surface area contributed by atoms with E-state index in [0.717, 1.165) is 69.4 Å². The van der Waals surface area contributed by atoms with Crippen LogP contribution in [0.15, 0.2) is 49.2 Å². The molecule has 3 aromatic rings. The molecule has 4 rings (SSSR count). The molecule has 1 aliphatic heterocycles. The maximum Gasteiger partial charge on any atom is 0.263 e. The number of ether oxygens (including phenoxy) is 1. The van der Waals surface area contributed by atoms with Gasteiger partial charge in [-0.25, -0.2) is 14.4 Å². The van der Waals surface area contributed by atoms with Crippen LogP contribution < -0.4 is 10.6 Å². The first-order valence-corrected chi connectivity index (χ1v) is 12.5. The highest BCUT2D eigenvalue weighted by Gasteiger charge is 2.17. The van der Waals surface area contributed by atoms with Crippen molar-refractivity contribution in [1.29, 1.82) is 0 Å². The molecule has 10 heteroatoms. The van der Waals surface area contributed by atoms with Crippen LogP contribution in [0.1, 0.15) is 28.1 Å². The van der Waals surface area contributed by atoms with E-state index in [4.69, 9.17) is 4.74 Å². The number of benzene rings is 1. The van der Waals surface area contributed by atoms with Gasteiger partial charge in [-0.3, -0.25) is 9.69 Å². The molecule has 0 bridgehead atoms. The number of carbonyl (C=O) groups excluding carboxylic acids is 1. The van der Waals surface area contributed by atoms with Crippen molar-refractivity contribution in [1.82, 2.24) is 24.8 Å². The van der Waals surface area contributed by atoms with E-state index in [1.54, 1.807) is 18.7 Å². The van der Waals surface area contributed by atoms with E-state index in [1.807, 2.05) is 22.9 Å². The zero-order valence-corrected chi connectivity index (χ0v) is 20.0. The fraction of sp³-hybridized carbons (Fsp3) is 0.458. The van der Waals surface area contributed by atoms with Gasteiger partial charge in [0.05, 0.1) is 25.7 Å². The summed E-state index contributed by atoms with van der Waals surface area (Å²) in [6.07, 6.45) is 9.53. The number of thiazole rings is 1. The van der Waals surface area contributed by atoms with E-state index >= 15 is 0 Å². The van der Waals surface area contributed by atoms with Gasteiger partial charge >= 0.3 is 0 Å². The van der Waals surface area contributed by atoms with Crippen molar-refractivity contribution >= 4 is 22.4 Å². The van der Waals surface area contributed by atoms with Gasteiger partial charge in [0.15, 0.2) is 5.13 Å². The Hall–Kier alpha value is -2.82. The quantitative estimate of drug-likeness (QED) is 0.383. The van der Waals surface area contributed by atoms with Crippen LogP contribution in [0.25, 0.3) is 0 Å². The van der Waals surface area contributed by atoms with E-state index in [2.05, 4.69) is 25.5 Å². The van der Waals surface area contributed by atoms with Gasteiger partial charge in [-0.1, -0.05) is 23.5 Å². The lowest BCUT2D eigenvalue weighted by atomic mass is 10.0. The molecule has 0 radical (unpaired) electrons. The lowest BCUT2D eigenvalue weighted by Crippen LogP contribution is -2.39. The topological polar surface area (TPSA) is 84.3 Å². The normalized spacial score (nSPS) is 15.2. The summed E-state index contributed by atoms with van der Waals surface area (Å²) in [6.45, 7) is 5.75. The monoisotopic (exact) mass is 486 g/mol. The van der Waals surface area contributed by atoms with Crippen molar-refractivity contribution in [2.24, 2.45) is 0 Å². The zero-order chi connectivity index (χ0) is 23.6. The molecule has 34 heavy (non-hydrogen) atoms. The third-order valence-corrected chi connectivity index (χ3v) is 6.72. The summed E-state index contributed by atoms with van der Waals surface area (Å²) >= 11 is 1.36. The average Bonchev–Trinajstić information content (AvgIpc) is 3.55. The van der Waals surface area contributed by atoms with Gasteiger partial charge in [0.25, 0.3) is 5.91 Å². The van der Waals surface area contributed by atoms with Crippen molar-refractivity contribution in [2.45, 2.75) is 31.8 Å².